The Labute approximate surface area is 165 Å². The number of hydrogen-bond donors (Lipinski definition) is 1. The molecule has 1 aliphatic heterocycles. The van der Waals surface area contributed by atoms with E-state index in [1.165, 1.54) is 10.4 Å². The average Bonchev–Trinajstić information content (AvgIpc) is 3.27. The maximum absolute atomic E-state index is 12.8. The highest BCUT2D eigenvalue weighted by atomic mass is 16.2. The number of nitrogens with zero attached hydrogens (tertiary/aromatic N) is 4. The lowest BCUT2D eigenvalue weighted by Crippen LogP contribution is -2.43. The number of benzene rings is 2. The van der Waals surface area contributed by atoms with E-state index in [9.17, 15) is 4.79 Å². The molecule has 1 fully saturated rings. The highest BCUT2D eigenvalue weighted by Gasteiger charge is 2.32. The smallest absolute Gasteiger partial charge is 0.274 e. The minimum Gasteiger partial charge on any atom is -0.346 e. The van der Waals surface area contributed by atoms with Gasteiger partial charge >= 0.3 is 0 Å². The van der Waals surface area contributed by atoms with Crippen molar-refractivity contribution in [2.24, 2.45) is 0 Å². The van der Waals surface area contributed by atoms with Gasteiger partial charge < -0.3 is 5.32 Å². The van der Waals surface area contributed by atoms with Gasteiger partial charge in [0, 0.05) is 25.2 Å². The van der Waals surface area contributed by atoms with E-state index in [0.29, 0.717) is 11.4 Å². The molecule has 1 aliphatic rings. The van der Waals surface area contributed by atoms with E-state index in [1.54, 1.807) is 0 Å². The van der Waals surface area contributed by atoms with Crippen molar-refractivity contribution in [2.45, 2.75) is 38.9 Å². The molecule has 144 valence electrons. The molecule has 1 N–H and O–H groups in total. The van der Waals surface area contributed by atoms with Crippen LogP contribution in [0.3, 0.4) is 0 Å². The van der Waals surface area contributed by atoms with Crippen molar-refractivity contribution in [3.05, 3.63) is 77.6 Å². The Morgan fingerprint density at radius 3 is 2.46 bits per heavy atom. The molecule has 0 bridgehead atoms. The van der Waals surface area contributed by atoms with Gasteiger partial charge in [-0.1, -0.05) is 48.5 Å². The van der Waals surface area contributed by atoms with E-state index >= 15 is 0 Å². The van der Waals surface area contributed by atoms with E-state index < -0.39 is 0 Å². The number of para-hydroxylation sites is 1. The number of amides is 1. The lowest BCUT2D eigenvalue weighted by Gasteiger charge is -2.25. The van der Waals surface area contributed by atoms with Crippen molar-refractivity contribution in [1.29, 1.82) is 0 Å². The fourth-order valence-electron chi connectivity index (χ4n) is 3.74. The summed E-state index contributed by atoms with van der Waals surface area (Å²) in [6.07, 6.45) is 0.936. The van der Waals surface area contributed by atoms with Crippen LogP contribution in [0.15, 0.2) is 60.7 Å². The third-order valence-corrected chi connectivity index (χ3v) is 5.41. The number of aryl methyl sites for hydroxylation is 1. The number of carbonyl (C=O) groups is 1. The van der Waals surface area contributed by atoms with Gasteiger partial charge in [-0.05, 0) is 38.0 Å². The Hall–Kier alpha value is -2.99. The van der Waals surface area contributed by atoms with Crippen LogP contribution >= 0.6 is 0 Å². The summed E-state index contributed by atoms with van der Waals surface area (Å²) in [5.74, 6) is -0.155. The number of carbonyl (C=O) groups excluding carboxylic acids is 1. The highest BCUT2D eigenvalue weighted by Crippen LogP contribution is 2.21. The van der Waals surface area contributed by atoms with Crippen LogP contribution in [0.25, 0.3) is 5.69 Å². The fourth-order valence-corrected chi connectivity index (χ4v) is 3.74. The van der Waals surface area contributed by atoms with E-state index in [0.717, 1.165) is 25.2 Å². The first-order chi connectivity index (χ1) is 13.6. The zero-order chi connectivity index (χ0) is 19.5. The van der Waals surface area contributed by atoms with Gasteiger partial charge in [0.15, 0.2) is 5.69 Å². The molecule has 2 heterocycles. The van der Waals surface area contributed by atoms with Gasteiger partial charge in [0.05, 0.1) is 11.4 Å². The van der Waals surface area contributed by atoms with Gasteiger partial charge in [-0.3, -0.25) is 9.69 Å². The number of aromatic nitrogens is 3. The maximum atomic E-state index is 12.8. The van der Waals surface area contributed by atoms with Gasteiger partial charge in [0.25, 0.3) is 5.91 Å². The molecule has 0 radical (unpaired) electrons. The van der Waals surface area contributed by atoms with Crippen LogP contribution in [0.1, 0.15) is 35.1 Å². The molecular formula is C22H25N5O. The Kier molecular flexibility index (Phi) is 5.21. The lowest BCUT2D eigenvalue weighted by atomic mass is 10.1. The molecule has 2 aromatic carbocycles. The fraction of sp³-hybridized carbons (Fsp3) is 0.318. The first kappa shape index (κ1) is 18.4. The van der Waals surface area contributed by atoms with Crippen molar-refractivity contribution in [1.82, 2.24) is 25.2 Å². The summed E-state index contributed by atoms with van der Waals surface area (Å²) in [5.41, 5.74) is 3.15. The quantitative estimate of drug-likeness (QED) is 0.745. The normalized spacial score (nSPS) is 19.6. The molecule has 0 spiro atoms. The first-order valence-corrected chi connectivity index (χ1v) is 9.70. The van der Waals surface area contributed by atoms with Crippen LogP contribution in [0.4, 0.5) is 0 Å². The minimum absolute atomic E-state index is 0.109. The Bertz CT molecular complexity index is 938. The van der Waals surface area contributed by atoms with Crippen molar-refractivity contribution >= 4 is 5.91 Å². The van der Waals surface area contributed by atoms with Gasteiger partial charge in [-0.2, -0.15) is 9.90 Å². The standard InChI is InChI=1S/C22H25N5O/c1-16-21(25-27(24-16)19-11-7-4-8-12-19)22(28)23-20-13-14-26(17(20)2)15-18-9-5-3-6-10-18/h3-12,17,20H,13-15H2,1-2H3,(H,23,28). The monoisotopic (exact) mass is 375 g/mol. The number of rotatable bonds is 5. The first-order valence-electron chi connectivity index (χ1n) is 9.70. The molecular weight excluding hydrogens is 350 g/mol. The summed E-state index contributed by atoms with van der Waals surface area (Å²) in [4.78, 5) is 16.8. The van der Waals surface area contributed by atoms with Gasteiger partial charge in [-0.25, -0.2) is 0 Å². The summed E-state index contributed by atoms with van der Waals surface area (Å²) in [7, 11) is 0. The molecule has 2 unspecified atom stereocenters. The second-order valence-electron chi connectivity index (χ2n) is 7.32. The van der Waals surface area contributed by atoms with E-state index in [1.807, 2.05) is 43.3 Å². The van der Waals surface area contributed by atoms with Crippen LogP contribution in [-0.2, 0) is 6.54 Å². The second-order valence-corrected chi connectivity index (χ2v) is 7.32. The molecule has 1 amide bonds. The second kappa shape index (κ2) is 7.94. The van der Waals surface area contributed by atoms with Crippen LogP contribution < -0.4 is 5.32 Å². The van der Waals surface area contributed by atoms with E-state index in [2.05, 4.69) is 51.6 Å². The van der Waals surface area contributed by atoms with Gasteiger partial charge in [0.1, 0.15) is 0 Å². The van der Waals surface area contributed by atoms with Crippen molar-refractivity contribution in [2.75, 3.05) is 6.54 Å². The number of nitrogens with one attached hydrogen (secondary N) is 1. The van der Waals surface area contributed by atoms with E-state index in [-0.39, 0.29) is 18.0 Å². The van der Waals surface area contributed by atoms with Gasteiger partial charge in [-0.15, -0.1) is 5.10 Å². The lowest BCUT2D eigenvalue weighted by molar-refractivity contribution is 0.0921. The van der Waals surface area contributed by atoms with Crippen LogP contribution in [0.2, 0.25) is 0 Å². The molecule has 28 heavy (non-hydrogen) atoms. The Morgan fingerprint density at radius 2 is 1.75 bits per heavy atom. The minimum atomic E-state index is -0.155. The van der Waals surface area contributed by atoms with Crippen LogP contribution in [0, 0.1) is 6.92 Å². The number of likely N-dealkylation sites (tertiary alicyclic amines) is 1. The predicted octanol–water partition coefficient (Wildman–Crippen LogP) is 2.97. The zero-order valence-electron chi connectivity index (χ0n) is 16.2. The third kappa shape index (κ3) is 3.82. The van der Waals surface area contributed by atoms with Gasteiger partial charge in [0.2, 0.25) is 0 Å². The summed E-state index contributed by atoms with van der Waals surface area (Å²) >= 11 is 0. The molecule has 1 saturated heterocycles. The predicted molar refractivity (Wildman–Crippen MR) is 108 cm³/mol. The summed E-state index contributed by atoms with van der Waals surface area (Å²) in [6.45, 7) is 5.87. The molecule has 0 saturated carbocycles. The largest absolute Gasteiger partial charge is 0.346 e. The summed E-state index contributed by atoms with van der Waals surface area (Å²) in [5, 5.41) is 12.0. The summed E-state index contributed by atoms with van der Waals surface area (Å²) in [6, 6.07) is 20.5. The van der Waals surface area contributed by atoms with Crippen molar-refractivity contribution in [3.63, 3.8) is 0 Å². The average molecular weight is 375 g/mol. The zero-order valence-corrected chi connectivity index (χ0v) is 16.2. The van der Waals surface area contributed by atoms with Crippen molar-refractivity contribution < 1.29 is 4.79 Å². The van der Waals surface area contributed by atoms with Crippen LogP contribution in [-0.4, -0.2) is 44.4 Å². The molecule has 6 nitrogen and oxygen atoms in total. The molecule has 3 aromatic rings. The Balaban J connectivity index is 1.42. The molecule has 4 rings (SSSR count). The summed E-state index contributed by atoms with van der Waals surface area (Å²) < 4.78 is 0. The van der Waals surface area contributed by atoms with E-state index in [4.69, 9.17) is 0 Å². The Morgan fingerprint density at radius 1 is 1.07 bits per heavy atom. The maximum Gasteiger partial charge on any atom is 0.274 e. The molecule has 0 aliphatic carbocycles. The topological polar surface area (TPSA) is 63.1 Å². The molecule has 6 heteroatoms. The molecule has 1 aromatic heterocycles. The van der Waals surface area contributed by atoms with Crippen molar-refractivity contribution in [3.8, 4) is 5.69 Å². The SMILES string of the molecule is Cc1nn(-c2ccccc2)nc1C(=O)NC1CCN(Cc2ccccc2)C1C. The highest BCUT2D eigenvalue weighted by molar-refractivity contribution is 5.93. The van der Waals surface area contributed by atoms with Crippen LogP contribution in [0.5, 0.6) is 0 Å². The number of hydrogen-bond acceptors (Lipinski definition) is 4. The third-order valence-electron chi connectivity index (χ3n) is 5.41. The molecule has 2 atom stereocenters.